The van der Waals surface area contributed by atoms with Crippen molar-refractivity contribution in [1.29, 1.82) is 0 Å². The van der Waals surface area contributed by atoms with E-state index in [1.54, 1.807) is 16.7 Å². The molecule has 0 spiro atoms. The van der Waals surface area contributed by atoms with Crippen LogP contribution in [0.1, 0.15) is 38.5 Å². The minimum absolute atomic E-state index is 0.0333. The van der Waals surface area contributed by atoms with Crippen molar-refractivity contribution in [3.63, 3.8) is 0 Å². The van der Waals surface area contributed by atoms with Crippen molar-refractivity contribution in [2.75, 3.05) is 24.6 Å². The maximum atomic E-state index is 12.2. The number of carbonyl (C=O) groups excluding carboxylic acids is 1. The number of rotatable bonds is 5. The summed E-state index contributed by atoms with van der Waals surface area (Å²) in [5, 5.41) is 11.9. The van der Waals surface area contributed by atoms with Gasteiger partial charge < -0.3 is 15.3 Å². The number of thioether (sulfide) groups is 1. The number of carboxylic acids is 1. The van der Waals surface area contributed by atoms with Gasteiger partial charge in [-0.15, -0.1) is 0 Å². The van der Waals surface area contributed by atoms with Gasteiger partial charge in [0.15, 0.2) is 0 Å². The third-order valence-corrected chi connectivity index (χ3v) is 5.10. The van der Waals surface area contributed by atoms with E-state index in [2.05, 4.69) is 11.4 Å². The lowest BCUT2D eigenvalue weighted by Crippen LogP contribution is -2.51. The van der Waals surface area contributed by atoms with Crippen LogP contribution in [0.5, 0.6) is 0 Å². The molecule has 2 amide bonds. The first-order chi connectivity index (χ1) is 10.2. The van der Waals surface area contributed by atoms with E-state index >= 15 is 0 Å². The molecule has 1 aliphatic heterocycles. The molecule has 6 heteroatoms. The summed E-state index contributed by atoms with van der Waals surface area (Å²) in [5.74, 6) is 0.757. The molecule has 0 aromatic carbocycles. The average molecular weight is 312 g/mol. The second-order valence-corrected chi connectivity index (χ2v) is 6.76. The van der Waals surface area contributed by atoms with Crippen LogP contribution in [0.15, 0.2) is 11.6 Å². The first-order valence-electron chi connectivity index (χ1n) is 7.68. The number of nitrogens with one attached hydrogen (secondary N) is 1. The minimum atomic E-state index is -0.840. The average Bonchev–Trinajstić information content (AvgIpc) is 2.48. The molecule has 0 aromatic heterocycles. The SMILES string of the molecule is O=C(O)CC1CSCCN1C(=O)NCCC1=CCCCC1. The second kappa shape index (κ2) is 8.32. The fourth-order valence-corrected chi connectivity index (χ4v) is 3.92. The highest BCUT2D eigenvalue weighted by atomic mass is 32.2. The molecule has 118 valence electrons. The van der Waals surface area contributed by atoms with Gasteiger partial charge in [0.1, 0.15) is 0 Å². The Morgan fingerprint density at radius 3 is 3.00 bits per heavy atom. The summed E-state index contributed by atoms with van der Waals surface area (Å²) < 4.78 is 0. The van der Waals surface area contributed by atoms with E-state index < -0.39 is 5.97 Å². The third-order valence-electron chi connectivity index (χ3n) is 4.01. The fourth-order valence-electron chi connectivity index (χ4n) is 2.86. The number of nitrogens with zero attached hydrogens (tertiary/aromatic N) is 1. The summed E-state index contributed by atoms with van der Waals surface area (Å²) in [7, 11) is 0. The van der Waals surface area contributed by atoms with Gasteiger partial charge in [0.2, 0.25) is 0 Å². The van der Waals surface area contributed by atoms with Crippen LogP contribution in [0.25, 0.3) is 0 Å². The van der Waals surface area contributed by atoms with Crippen LogP contribution in [0, 0.1) is 0 Å². The summed E-state index contributed by atoms with van der Waals surface area (Å²) in [6, 6.07) is -0.298. The number of carboxylic acid groups (broad SMARTS) is 1. The Kier molecular flexibility index (Phi) is 6.42. The number of hydrogen-bond donors (Lipinski definition) is 2. The molecular weight excluding hydrogens is 288 g/mol. The zero-order valence-corrected chi connectivity index (χ0v) is 13.2. The van der Waals surface area contributed by atoms with E-state index in [0.29, 0.717) is 18.8 Å². The van der Waals surface area contributed by atoms with Gasteiger partial charge in [0.05, 0.1) is 12.5 Å². The van der Waals surface area contributed by atoms with Crippen molar-refractivity contribution in [2.45, 2.75) is 44.6 Å². The topological polar surface area (TPSA) is 69.6 Å². The number of amides is 2. The van der Waals surface area contributed by atoms with Crippen molar-refractivity contribution in [3.05, 3.63) is 11.6 Å². The molecule has 1 atom stereocenters. The van der Waals surface area contributed by atoms with Crippen LogP contribution < -0.4 is 5.32 Å². The van der Waals surface area contributed by atoms with Crippen molar-refractivity contribution < 1.29 is 14.7 Å². The summed E-state index contributed by atoms with van der Waals surface area (Å²) >= 11 is 1.72. The van der Waals surface area contributed by atoms with Crippen LogP contribution >= 0.6 is 11.8 Å². The molecule has 1 aliphatic carbocycles. The van der Waals surface area contributed by atoms with Gasteiger partial charge in [0, 0.05) is 24.6 Å². The quantitative estimate of drug-likeness (QED) is 0.765. The third kappa shape index (κ3) is 5.26. The van der Waals surface area contributed by atoms with E-state index in [9.17, 15) is 9.59 Å². The van der Waals surface area contributed by atoms with Crippen molar-refractivity contribution in [3.8, 4) is 0 Å². The Balaban J connectivity index is 1.77. The molecule has 1 saturated heterocycles. The number of aliphatic carboxylic acids is 1. The molecule has 2 aliphatic rings. The highest BCUT2D eigenvalue weighted by Crippen LogP contribution is 2.20. The summed E-state index contributed by atoms with van der Waals surface area (Å²) in [5.41, 5.74) is 1.44. The molecule has 1 fully saturated rings. The monoisotopic (exact) mass is 312 g/mol. The van der Waals surface area contributed by atoms with Gasteiger partial charge in [-0.25, -0.2) is 4.79 Å². The van der Waals surface area contributed by atoms with Crippen LogP contribution in [0.2, 0.25) is 0 Å². The van der Waals surface area contributed by atoms with Gasteiger partial charge in [-0.2, -0.15) is 11.8 Å². The van der Waals surface area contributed by atoms with Crippen LogP contribution in [0.3, 0.4) is 0 Å². The number of urea groups is 1. The summed E-state index contributed by atoms with van der Waals surface area (Å²) in [6.45, 7) is 1.28. The fraction of sp³-hybridized carbons (Fsp3) is 0.733. The molecule has 0 bridgehead atoms. The first-order valence-corrected chi connectivity index (χ1v) is 8.84. The second-order valence-electron chi connectivity index (χ2n) is 5.61. The molecule has 21 heavy (non-hydrogen) atoms. The Morgan fingerprint density at radius 1 is 1.43 bits per heavy atom. The van der Waals surface area contributed by atoms with Crippen molar-refractivity contribution in [1.82, 2.24) is 10.2 Å². The maximum Gasteiger partial charge on any atom is 0.317 e. The minimum Gasteiger partial charge on any atom is -0.481 e. The van der Waals surface area contributed by atoms with Crippen LogP contribution in [-0.4, -0.2) is 52.6 Å². The van der Waals surface area contributed by atoms with E-state index in [1.807, 2.05) is 0 Å². The first kappa shape index (κ1) is 16.2. The standard InChI is InChI=1S/C15H24N2O3S/c18-14(19)10-13-11-21-9-8-17(13)15(20)16-7-6-12-4-2-1-3-5-12/h4,13H,1-3,5-11H2,(H,16,20)(H,18,19). The summed E-state index contributed by atoms with van der Waals surface area (Å²) in [4.78, 5) is 24.8. The molecule has 5 nitrogen and oxygen atoms in total. The lowest BCUT2D eigenvalue weighted by molar-refractivity contribution is -0.137. The predicted molar refractivity (Wildman–Crippen MR) is 84.6 cm³/mol. The van der Waals surface area contributed by atoms with E-state index in [1.165, 1.54) is 18.4 Å². The highest BCUT2D eigenvalue weighted by Gasteiger charge is 2.28. The summed E-state index contributed by atoms with van der Waals surface area (Å²) in [6.07, 6.45) is 8.08. The normalized spacial score (nSPS) is 22.6. The largest absolute Gasteiger partial charge is 0.481 e. The molecule has 0 aromatic rings. The lowest BCUT2D eigenvalue weighted by Gasteiger charge is -2.34. The Morgan fingerprint density at radius 2 is 2.29 bits per heavy atom. The van der Waals surface area contributed by atoms with Crippen LogP contribution in [0.4, 0.5) is 4.79 Å². The van der Waals surface area contributed by atoms with Gasteiger partial charge in [-0.3, -0.25) is 4.79 Å². The Bertz CT molecular complexity index is 412. The van der Waals surface area contributed by atoms with Crippen molar-refractivity contribution in [2.24, 2.45) is 0 Å². The van der Waals surface area contributed by atoms with E-state index in [0.717, 1.165) is 25.0 Å². The molecule has 2 rings (SSSR count). The Hall–Kier alpha value is -1.17. The van der Waals surface area contributed by atoms with Gasteiger partial charge >= 0.3 is 12.0 Å². The van der Waals surface area contributed by atoms with Gasteiger partial charge in [-0.1, -0.05) is 11.6 Å². The molecule has 1 heterocycles. The van der Waals surface area contributed by atoms with Crippen molar-refractivity contribution >= 4 is 23.8 Å². The number of carbonyl (C=O) groups is 2. The molecule has 0 saturated carbocycles. The van der Waals surface area contributed by atoms with Gasteiger partial charge in [-0.05, 0) is 32.1 Å². The molecular formula is C15H24N2O3S. The maximum absolute atomic E-state index is 12.2. The smallest absolute Gasteiger partial charge is 0.317 e. The molecule has 2 N–H and O–H groups in total. The van der Waals surface area contributed by atoms with Gasteiger partial charge in [0.25, 0.3) is 0 Å². The highest BCUT2D eigenvalue weighted by molar-refractivity contribution is 7.99. The van der Waals surface area contributed by atoms with E-state index in [4.69, 9.17) is 5.11 Å². The number of allylic oxidation sites excluding steroid dienone is 1. The zero-order valence-electron chi connectivity index (χ0n) is 12.3. The molecule has 1 unspecified atom stereocenters. The predicted octanol–water partition coefficient (Wildman–Crippen LogP) is 2.48. The Labute approximate surface area is 130 Å². The van der Waals surface area contributed by atoms with Crippen LogP contribution in [-0.2, 0) is 4.79 Å². The number of hydrogen-bond acceptors (Lipinski definition) is 3. The van der Waals surface area contributed by atoms with E-state index in [-0.39, 0.29) is 18.5 Å². The zero-order chi connectivity index (χ0) is 15.1. The molecule has 0 radical (unpaired) electrons. The lowest BCUT2D eigenvalue weighted by atomic mass is 9.97.